The Morgan fingerprint density at radius 2 is 1.96 bits per heavy atom. The first-order valence-corrected chi connectivity index (χ1v) is 9.08. The molecule has 2 heterocycles. The van der Waals surface area contributed by atoms with Gasteiger partial charge in [0.25, 0.3) is 0 Å². The number of hydrogen-bond donors (Lipinski definition) is 1. The minimum absolute atomic E-state index is 0.0304. The van der Waals surface area contributed by atoms with Crippen LogP contribution in [-0.2, 0) is 11.2 Å². The van der Waals surface area contributed by atoms with Crippen molar-refractivity contribution in [3.8, 4) is 5.75 Å². The fourth-order valence-corrected chi connectivity index (χ4v) is 3.79. The molecule has 0 radical (unpaired) electrons. The molecule has 1 N–H and O–H groups in total. The van der Waals surface area contributed by atoms with Gasteiger partial charge in [-0.1, -0.05) is 18.2 Å². The van der Waals surface area contributed by atoms with E-state index in [-0.39, 0.29) is 11.8 Å². The number of carbonyl (C=O) groups is 1. The van der Waals surface area contributed by atoms with Crippen LogP contribution in [0.15, 0.2) is 42.5 Å². The number of amides is 1. The molecule has 0 bridgehead atoms. The van der Waals surface area contributed by atoms with E-state index in [2.05, 4.69) is 29.3 Å². The van der Waals surface area contributed by atoms with Crippen LogP contribution >= 0.6 is 0 Å². The van der Waals surface area contributed by atoms with E-state index >= 15 is 0 Å². The standard InChI is InChI=1S/C21H24N2O2/c1-15-12-18(8-9-19(15)23-10-4-5-11-23)22-21(24)17-13-16-6-2-3-7-20(16)25-14-17/h2-3,6-9,12,17H,4-5,10-11,13-14H2,1H3,(H,22,24). The summed E-state index contributed by atoms with van der Waals surface area (Å²) in [4.78, 5) is 15.1. The summed E-state index contributed by atoms with van der Waals surface area (Å²) in [5.41, 5.74) is 4.47. The second-order valence-electron chi connectivity index (χ2n) is 7.00. The maximum absolute atomic E-state index is 12.6. The SMILES string of the molecule is Cc1cc(NC(=O)C2COc3ccccc3C2)ccc1N1CCCC1. The molecular weight excluding hydrogens is 312 g/mol. The molecule has 1 atom stereocenters. The number of nitrogens with one attached hydrogen (secondary N) is 1. The Hall–Kier alpha value is -2.49. The van der Waals surface area contributed by atoms with Crippen LogP contribution in [0.3, 0.4) is 0 Å². The van der Waals surface area contributed by atoms with Crippen molar-refractivity contribution in [3.05, 3.63) is 53.6 Å². The average molecular weight is 336 g/mol. The van der Waals surface area contributed by atoms with Gasteiger partial charge in [0.2, 0.25) is 5.91 Å². The van der Waals surface area contributed by atoms with Gasteiger partial charge in [-0.3, -0.25) is 4.79 Å². The lowest BCUT2D eigenvalue weighted by molar-refractivity contribution is -0.121. The summed E-state index contributed by atoms with van der Waals surface area (Å²) in [6, 6.07) is 14.2. The van der Waals surface area contributed by atoms with Crippen molar-refractivity contribution in [2.45, 2.75) is 26.2 Å². The molecule has 4 nitrogen and oxygen atoms in total. The van der Waals surface area contributed by atoms with E-state index in [0.29, 0.717) is 6.61 Å². The highest BCUT2D eigenvalue weighted by Gasteiger charge is 2.26. The predicted molar refractivity (Wildman–Crippen MR) is 100 cm³/mol. The minimum Gasteiger partial charge on any atom is -0.492 e. The van der Waals surface area contributed by atoms with Gasteiger partial charge in [0.1, 0.15) is 12.4 Å². The molecule has 0 spiro atoms. The van der Waals surface area contributed by atoms with Gasteiger partial charge in [-0.2, -0.15) is 0 Å². The fourth-order valence-electron chi connectivity index (χ4n) is 3.79. The summed E-state index contributed by atoms with van der Waals surface area (Å²) in [5, 5.41) is 3.06. The van der Waals surface area contributed by atoms with Crippen molar-refractivity contribution in [3.63, 3.8) is 0 Å². The summed E-state index contributed by atoms with van der Waals surface area (Å²) < 4.78 is 5.74. The number of fused-ring (bicyclic) bond motifs is 1. The molecular formula is C21H24N2O2. The number of hydrogen-bond acceptors (Lipinski definition) is 3. The Balaban J connectivity index is 1.43. The summed E-state index contributed by atoms with van der Waals surface area (Å²) in [5.74, 6) is 0.786. The number of anilines is 2. The number of carbonyl (C=O) groups excluding carboxylic acids is 1. The molecule has 25 heavy (non-hydrogen) atoms. The Kier molecular flexibility index (Phi) is 4.35. The average Bonchev–Trinajstić information content (AvgIpc) is 3.15. The number of rotatable bonds is 3. The molecule has 2 aromatic carbocycles. The molecule has 130 valence electrons. The lowest BCUT2D eigenvalue weighted by Crippen LogP contribution is -2.32. The molecule has 0 aliphatic carbocycles. The van der Waals surface area contributed by atoms with E-state index in [4.69, 9.17) is 4.74 Å². The van der Waals surface area contributed by atoms with Crippen LogP contribution in [0.1, 0.15) is 24.0 Å². The highest BCUT2D eigenvalue weighted by atomic mass is 16.5. The third-order valence-corrected chi connectivity index (χ3v) is 5.16. The molecule has 2 aliphatic heterocycles. The molecule has 4 heteroatoms. The van der Waals surface area contributed by atoms with E-state index in [9.17, 15) is 4.79 Å². The van der Waals surface area contributed by atoms with Gasteiger partial charge >= 0.3 is 0 Å². The van der Waals surface area contributed by atoms with Crippen molar-refractivity contribution < 1.29 is 9.53 Å². The Labute approximate surface area is 148 Å². The van der Waals surface area contributed by atoms with Gasteiger partial charge in [0.15, 0.2) is 0 Å². The van der Waals surface area contributed by atoms with Crippen LogP contribution in [0.2, 0.25) is 0 Å². The second kappa shape index (κ2) is 6.79. The zero-order chi connectivity index (χ0) is 17.2. The fraction of sp³-hybridized carbons (Fsp3) is 0.381. The van der Waals surface area contributed by atoms with Gasteiger partial charge in [0.05, 0.1) is 5.92 Å². The molecule has 4 rings (SSSR count). The summed E-state index contributed by atoms with van der Waals surface area (Å²) in [6.07, 6.45) is 3.26. The smallest absolute Gasteiger partial charge is 0.231 e. The van der Waals surface area contributed by atoms with Gasteiger partial charge in [0, 0.05) is 24.5 Å². The van der Waals surface area contributed by atoms with E-state index in [1.807, 2.05) is 30.3 Å². The molecule has 1 saturated heterocycles. The van der Waals surface area contributed by atoms with Crippen LogP contribution in [0, 0.1) is 12.8 Å². The van der Waals surface area contributed by atoms with E-state index < -0.39 is 0 Å². The maximum atomic E-state index is 12.6. The zero-order valence-corrected chi connectivity index (χ0v) is 14.6. The van der Waals surface area contributed by atoms with Crippen LogP contribution in [-0.4, -0.2) is 25.6 Å². The topological polar surface area (TPSA) is 41.6 Å². The summed E-state index contributed by atoms with van der Waals surface area (Å²) in [6.45, 7) is 4.81. The van der Waals surface area contributed by atoms with E-state index in [0.717, 1.165) is 36.5 Å². The van der Waals surface area contributed by atoms with Crippen molar-refractivity contribution in [2.75, 3.05) is 29.9 Å². The van der Waals surface area contributed by atoms with Crippen LogP contribution < -0.4 is 15.0 Å². The molecule has 2 aromatic rings. The lowest BCUT2D eigenvalue weighted by Gasteiger charge is -2.25. The third-order valence-electron chi connectivity index (χ3n) is 5.16. The number of nitrogens with zero attached hydrogens (tertiary/aromatic N) is 1. The van der Waals surface area contributed by atoms with Gasteiger partial charge < -0.3 is 15.0 Å². The molecule has 1 fully saturated rings. The Morgan fingerprint density at radius 3 is 2.76 bits per heavy atom. The van der Waals surface area contributed by atoms with Crippen LogP contribution in [0.5, 0.6) is 5.75 Å². The van der Waals surface area contributed by atoms with Gasteiger partial charge in [-0.15, -0.1) is 0 Å². The highest BCUT2D eigenvalue weighted by Crippen LogP contribution is 2.29. The maximum Gasteiger partial charge on any atom is 0.231 e. The molecule has 1 unspecified atom stereocenters. The first-order chi connectivity index (χ1) is 12.2. The van der Waals surface area contributed by atoms with E-state index in [1.165, 1.54) is 24.1 Å². The highest BCUT2D eigenvalue weighted by molar-refractivity contribution is 5.93. The second-order valence-corrected chi connectivity index (χ2v) is 7.00. The summed E-state index contributed by atoms with van der Waals surface area (Å²) >= 11 is 0. The zero-order valence-electron chi connectivity index (χ0n) is 14.6. The molecule has 0 aromatic heterocycles. The lowest BCUT2D eigenvalue weighted by atomic mass is 9.96. The monoisotopic (exact) mass is 336 g/mol. The first kappa shape index (κ1) is 16.0. The van der Waals surface area contributed by atoms with Crippen molar-refractivity contribution in [1.29, 1.82) is 0 Å². The Bertz CT molecular complexity index is 781. The van der Waals surface area contributed by atoms with E-state index in [1.54, 1.807) is 0 Å². The summed E-state index contributed by atoms with van der Waals surface area (Å²) in [7, 11) is 0. The molecule has 1 amide bonds. The number of para-hydroxylation sites is 1. The molecule has 2 aliphatic rings. The van der Waals surface area contributed by atoms with Crippen molar-refractivity contribution in [2.24, 2.45) is 5.92 Å². The van der Waals surface area contributed by atoms with Gasteiger partial charge in [-0.05, 0) is 61.6 Å². The van der Waals surface area contributed by atoms with Gasteiger partial charge in [-0.25, -0.2) is 0 Å². The normalized spacial score (nSPS) is 19.2. The van der Waals surface area contributed by atoms with Crippen LogP contribution in [0.25, 0.3) is 0 Å². The quantitative estimate of drug-likeness (QED) is 0.927. The van der Waals surface area contributed by atoms with Crippen molar-refractivity contribution >= 4 is 17.3 Å². The van der Waals surface area contributed by atoms with Crippen LogP contribution in [0.4, 0.5) is 11.4 Å². The third kappa shape index (κ3) is 3.34. The first-order valence-electron chi connectivity index (χ1n) is 9.08. The number of benzene rings is 2. The van der Waals surface area contributed by atoms with Crippen molar-refractivity contribution in [1.82, 2.24) is 0 Å². The molecule has 0 saturated carbocycles. The minimum atomic E-state index is -0.145. The number of aryl methyl sites for hydroxylation is 1. The Morgan fingerprint density at radius 1 is 1.16 bits per heavy atom. The predicted octanol–water partition coefficient (Wildman–Crippen LogP) is 3.79. The largest absolute Gasteiger partial charge is 0.492 e. The number of ether oxygens (including phenoxy) is 1.